The van der Waals surface area contributed by atoms with E-state index in [1.54, 1.807) is 31.2 Å². The van der Waals surface area contributed by atoms with Gasteiger partial charge in [0, 0.05) is 5.57 Å². The lowest BCUT2D eigenvalue weighted by Crippen LogP contribution is -1.98. The molecule has 0 amide bonds. The van der Waals surface area contributed by atoms with Gasteiger partial charge in [0.2, 0.25) is 0 Å². The molecule has 0 aliphatic rings. The van der Waals surface area contributed by atoms with Gasteiger partial charge in [-0.05, 0) is 49.6 Å². The molecular formula is C18H19FO2. The number of halogens is 1. The van der Waals surface area contributed by atoms with Crippen molar-refractivity contribution in [1.82, 2.24) is 0 Å². The zero-order valence-electron chi connectivity index (χ0n) is 12.5. The van der Waals surface area contributed by atoms with Gasteiger partial charge in [-0.25, -0.2) is 4.39 Å². The Hall–Kier alpha value is -2.42. The molecule has 1 N–H and O–H groups in total. The fourth-order valence-electron chi connectivity index (χ4n) is 1.82. The fraction of sp³-hybridized carbons (Fsp3) is 0.167. The van der Waals surface area contributed by atoms with Crippen LogP contribution in [0.5, 0.6) is 5.75 Å². The molecule has 0 fully saturated rings. The van der Waals surface area contributed by atoms with Crippen LogP contribution < -0.4 is 0 Å². The number of carbonyl (C=O) groups excluding carboxylic acids is 1. The Bertz CT molecular complexity index is 649. The van der Waals surface area contributed by atoms with Gasteiger partial charge in [-0.3, -0.25) is 4.79 Å². The number of hydrogen-bond donors (Lipinski definition) is 1. The number of Topliss-reactive ketones (excluding diaryl/α,β-unsaturated/α-hetero) is 1. The van der Waals surface area contributed by atoms with E-state index in [1.165, 1.54) is 19.1 Å². The van der Waals surface area contributed by atoms with Crippen molar-refractivity contribution in [1.29, 1.82) is 0 Å². The third-order valence-electron chi connectivity index (χ3n) is 2.97. The minimum absolute atomic E-state index is 0.0842. The number of allylic oxidation sites excluding steroid dienone is 7. The minimum Gasteiger partial charge on any atom is -0.505 e. The van der Waals surface area contributed by atoms with E-state index in [0.717, 1.165) is 5.57 Å². The third-order valence-corrected chi connectivity index (χ3v) is 2.97. The Morgan fingerprint density at radius 3 is 2.52 bits per heavy atom. The minimum atomic E-state index is -0.679. The van der Waals surface area contributed by atoms with Crippen molar-refractivity contribution >= 4 is 11.4 Å². The molecule has 0 radical (unpaired) electrons. The first-order valence-electron chi connectivity index (χ1n) is 6.57. The summed E-state index contributed by atoms with van der Waals surface area (Å²) in [6, 6.07) is 4.16. The molecule has 0 heterocycles. The predicted octanol–water partition coefficient (Wildman–Crippen LogP) is 4.58. The third kappa shape index (κ3) is 4.56. The summed E-state index contributed by atoms with van der Waals surface area (Å²) in [7, 11) is 0. The molecule has 0 atom stereocenters. The van der Waals surface area contributed by atoms with Crippen molar-refractivity contribution in [2.24, 2.45) is 0 Å². The largest absolute Gasteiger partial charge is 0.505 e. The molecule has 0 bridgehead atoms. The Morgan fingerprint density at radius 2 is 2.00 bits per heavy atom. The molecular weight excluding hydrogens is 267 g/mol. The molecule has 1 aromatic carbocycles. The Balaban J connectivity index is 3.12. The first kappa shape index (κ1) is 16.6. The fourth-order valence-corrected chi connectivity index (χ4v) is 1.82. The van der Waals surface area contributed by atoms with Gasteiger partial charge < -0.3 is 5.11 Å². The Morgan fingerprint density at radius 1 is 1.33 bits per heavy atom. The molecule has 21 heavy (non-hydrogen) atoms. The number of aromatic hydroxyl groups is 1. The molecule has 0 saturated heterocycles. The summed E-state index contributed by atoms with van der Waals surface area (Å²) < 4.78 is 13.4. The van der Waals surface area contributed by atoms with Crippen molar-refractivity contribution in [2.45, 2.75) is 20.8 Å². The van der Waals surface area contributed by atoms with Crippen LogP contribution in [0.3, 0.4) is 0 Å². The number of ketones is 1. The average Bonchev–Trinajstić information content (AvgIpc) is 2.41. The maximum atomic E-state index is 13.4. The monoisotopic (exact) mass is 286 g/mol. The molecule has 2 nitrogen and oxygen atoms in total. The summed E-state index contributed by atoms with van der Waals surface area (Å²) in [5, 5.41) is 9.19. The van der Waals surface area contributed by atoms with Crippen LogP contribution in [0.1, 0.15) is 26.3 Å². The van der Waals surface area contributed by atoms with Crippen LogP contribution in [-0.4, -0.2) is 10.9 Å². The van der Waals surface area contributed by atoms with Gasteiger partial charge in [-0.2, -0.15) is 0 Å². The highest BCUT2D eigenvalue weighted by Crippen LogP contribution is 2.23. The highest BCUT2D eigenvalue weighted by molar-refractivity contribution is 5.99. The van der Waals surface area contributed by atoms with E-state index in [1.807, 2.05) is 13.0 Å². The zero-order chi connectivity index (χ0) is 16.0. The van der Waals surface area contributed by atoms with Gasteiger partial charge in [-0.1, -0.05) is 36.9 Å². The Labute approximate surface area is 124 Å². The van der Waals surface area contributed by atoms with Crippen LogP contribution in [0.2, 0.25) is 0 Å². The summed E-state index contributed by atoms with van der Waals surface area (Å²) in [4.78, 5) is 11.6. The number of rotatable bonds is 5. The Kier molecular flexibility index (Phi) is 5.85. The van der Waals surface area contributed by atoms with Crippen molar-refractivity contribution in [3.05, 3.63) is 71.6 Å². The summed E-state index contributed by atoms with van der Waals surface area (Å²) in [6.45, 7) is 9.02. The lowest BCUT2D eigenvalue weighted by Gasteiger charge is -2.07. The summed E-state index contributed by atoms with van der Waals surface area (Å²) in [6.07, 6.45) is 7.02. The zero-order valence-corrected chi connectivity index (χ0v) is 12.5. The van der Waals surface area contributed by atoms with Gasteiger partial charge >= 0.3 is 0 Å². The van der Waals surface area contributed by atoms with Crippen LogP contribution in [-0.2, 0) is 4.79 Å². The second-order valence-corrected chi connectivity index (χ2v) is 4.68. The molecule has 0 saturated carbocycles. The molecule has 0 aliphatic heterocycles. The van der Waals surface area contributed by atoms with Gasteiger partial charge in [0.15, 0.2) is 17.3 Å². The molecule has 0 spiro atoms. The van der Waals surface area contributed by atoms with Crippen molar-refractivity contribution < 1.29 is 14.3 Å². The standard InChI is InChI=1S/C18H19FO2/c1-5-6-7-16(14(4)20)13(3)10-12(2)15-8-9-18(21)17(19)11-15/h5-11,21H,3H2,1-2,4H3/b6-5-,12-10+,16-7+. The lowest BCUT2D eigenvalue weighted by molar-refractivity contribution is -0.113. The quantitative estimate of drug-likeness (QED) is 0.635. The smallest absolute Gasteiger partial charge is 0.165 e. The topological polar surface area (TPSA) is 37.3 Å². The predicted molar refractivity (Wildman–Crippen MR) is 84.4 cm³/mol. The molecule has 0 aromatic heterocycles. The van der Waals surface area contributed by atoms with Gasteiger partial charge in [-0.15, -0.1) is 0 Å². The number of hydrogen-bond acceptors (Lipinski definition) is 2. The van der Waals surface area contributed by atoms with E-state index in [4.69, 9.17) is 0 Å². The first-order chi connectivity index (χ1) is 9.86. The second-order valence-electron chi connectivity index (χ2n) is 4.68. The van der Waals surface area contributed by atoms with Crippen LogP contribution in [0, 0.1) is 5.82 Å². The van der Waals surface area contributed by atoms with E-state index in [2.05, 4.69) is 6.58 Å². The van der Waals surface area contributed by atoms with Gasteiger partial charge in [0.25, 0.3) is 0 Å². The number of phenolic OH excluding ortho intramolecular Hbond substituents is 1. The molecule has 0 unspecified atom stereocenters. The summed E-state index contributed by atoms with van der Waals surface area (Å²) in [5.41, 5.74) is 2.45. The van der Waals surface area contributed by atoms with Crippen molar-refractivity contribution in [3.8, 4) is 5.75 Å². The summed E-state index contributed by atoms with van der Waals surface area (Å²) >= 11 is 0. The maximum Gasteiger partial charge on any atom is 0.165 e. The van der Waals surface area contributed by atoms with E-state index >= 15 is 0 Å². The van der Waals surface area contributed by atoms with E-state index < -0.39 is 5.82 Å². The SMILES string of the molecule is C=C(/C=C(\C)c1ccc(O)c(F)c1)/C(=C\C=C/C)C(C)=O. The number of benzene rings is 1. The highest BCUT2D eigenvalue weighted by atomic mass is 19.1. The average molecular weight is 286 g/mol. The molecule has 3 heteroatoms. The van der Waals surface area contributed by atoms with E-state index in [0.29, 0.717) is 16.7 Å². The van der Waals surface area contributed by atoms with E-state index in [9.17, 15) is 14.3 Å². The summed E-state index contributed by atoms with van der Waals surface area (Å²) in [5.74, 6) is -1.15. The molecule has 1 rings (SSSR count). The lowest BCUT2D eigenvalue weighted by atomic mass is 9.98. The molecule has 110 valence electrons. The normalized spacial score (nSPS) is 12.8. The van der Waals surface area contributed by atoms with Crippen LogP contribution in [0.15, 0.2) is 60.2 Å². The molecule has 1 aromatic rings. The highest BCUT2D eigenvalue weighted by Gasteiger charge is 2.08. The van der Waals surface area contributed by atoms with E-state index in [-0.39, 0.29) is 11.5 Å². The van der Waals surface area contributed by atoms with Gasteiger partial charge in [0.1, 0.15) is 0 Å². The van der Waals surface area contributed by atoms with Crippen LogP contribution in [0.25, 0.3) is 5.57 Å². The molecule has 0 aliphatic carbocycles. The number of phenols is 1. The first-order valence-corrected chi connectivity index (χ1v) is 6.57. The maximum absolute atomic E-state index is 13.4. The second kappa shape index (κ2) is 7.39. The van der Waals surface area contributed by atoms with Crippen LogP contribution in [0.4, 0.5) is 4.39 Å². The van der Waals surface area contributed by atoms with Crippen LogP contribution >= 0.6 is 0 Å². The van der Waals surface area contributed by atoms with Crippen molar-refractivity contribution in [2.75, 3.05) is 0 Å². The van der Waals surface area contributed by atoms with Gasteiger partial charge in [0.05, 0.1) is 0 Å². The van der Waals surface area contributed by atoms with Crippen molar-refractivity contribution in [3.63, 3.8) is 0 Å². The number of carbonyl (C=O) groups is 1.